The molecule has 1 aromatic heterocycles. The first kappa shape index (κ1) is 21.4. The zero-order valence-electron chi connectivity index (χ0n) is 17.3. The minimum absolute atomic E-state index is 0.0242. The van der Waals surface area contributed by atoms with E-state index in [1.807, 2.05) is 25.1 Å². The van der Waals surface area contributed by atoms with E-state index in [9.17, 15) is 20.0 Å². The summed E-state index contributed by atoms with van der Waals surface area (Å²) >= 11 is 0. The molecule has 1 aromatic carbocycles. The lowest BCUT2D eigenvalue weighted by atomic mass is 9.86. The third-order valence-corrected chi connectivity index (χ3v) is 5.03. The van der Waals surface area contributed by atoms with Gasteiger partial charge in [-0.1, -0.05) is 64.8 Å². The van der Waals surface area contributed by atoms with Gasteiger partial charge in [0.2, 0.25) is 5.88 Å². The van der Waals surface area contributed by atoms with Crippen LogP contribution in [-0.2, 0) is 12.0 Å². The summed E-state index contributed by atoms with van der Waals surface area (Å²) in [6.07, 6.45) is 2.53. The number of nitriles is 1. The molecule has 0 amide bonds. The van der Waals surface area contributed by atoms with E-state index in [-0.39, 0.29) is 34.5 Å². The van der Waals surface area contributed by atoms with Crippen LogP contribution in [0.5, 0.6) is 5.88 Å². The number of aromatic nitrogens is 1. The summed E-state index contributed by atoms with van der Waals surface area (Å²) in [4.78, 5) is 25.7. The van der Waals surface area contributed by atoms with Crippen LogP contribution >= 0.6 is 0 Å². The van der Waals surface area contributed by atoms with E-state index < -0.39 is 11.3 Å². The molecule has 5 heteroatoms. The number of pyridine rings is 1. The normalized spacial score (nSPS) is 11.3. The number of benzene rings is 1. The summed E-state index contributed by atoms with van der Waals surface area (Å²) in [6, 6.07) is 9.13. The molecule has 28 heavy (non-hydrogen) atoms. The first-order valence-electron chi connectivity index (χ1n) is 9.65. The summed E-state index contributed by atoms with van der Waals surface area (Å²) < 4.78 is 1.15. The molecule has 0 atom stereocenters. The fourth-order valence-electron chi connectivity index (χ4n) is 3.22. The molecular formula is C23H28N2O3. The van der Waals surface area contributed by atoms with Crippen LogP contribution in [-0.4, -0.2) is 15.5 Å². The first-order valence-corrected chi connectivity index (χ1v) is 9.65. The Morgan fingerprint density at radius 1 is 1.18 bits per heavy atom. The quantitative estimate of drug-likeness (QED) is 0.593. The highest BCUT2D eigenvalue weighted by Crippen LogP contribution is 2.27. The molecule has 0 saturated carbocycles. The first-order chi connectivity index (χ1) is 13.1. The maximum Gasteiger partial charge on any atom is 0.271 e. The fraction of sp³-hybridized carbons (Fsp3) is 0.435. The third kappa shape index (κ3) is 4.17. The van der Waals surface area contributed by atoms with Crippen LogP contribution < -0.4 is 5.56 Å². The van der Waals surface area contributed by atoms with Crippen molar-refractivity contribution in [2.75, 3.05) is 0 Å². The van der Waals surface area contributed by atoms with Crippen LogP contribution in [0.15, 0.2) is 29.1 Å². The van der Waals surface area contributed by atoms with Gasteiger partial charge in [0.15, 0.2) is 5.78 Å². The second-order valence-corrected chi connectivity index (χ2v) is 8.13. The van der Waals surface area contributed by atoms with Gasteiger partial charge in [-0.15, -0.1) is 0 Å². The smallest absolute Gasteiger partial charge is 0.271 e. The Bertz CT molecular complexity index is 971. The van der Waals surface area contributed by atoms with Crippen molar-refractivity contribution < 1.29 is 9.90 Å². The Hall–Kier alpha value is -2.87. The Kier molecular flexibility index (Phi) is 6.45. The van der Waals surface area contributed by atoms with E-state index in [1.165, 1.54) is 6.92 Å². The van der Waals surface area contributed by atoms with Gasteiger partial charge in [-0.3, -0.25) is 14.2 Å². The summed E-state index contributed by atoms with van der Waals surface area (Å²) in [7, 11) is 0. The monoisotopic (exact) mass is 380 g/mol. The van der Waals surface area contributed by atoms with Crippen LogP contribution in [0.25, 0.3) is 0 Å². The molecule has 0 saturated heterocycles. The second-order valence-electron chi connectivity index (χ2n) is 8.13. The number of unbranched alkanes of at least 4 members (excludes halogenated alkanes) is 2. The molecule has 0 bridgehead atoms. The lowest BCUT2D eigenvalue weighted by Crippen LogP contribution is -2.27. The average Bonchev–Trinajstić information content (AvgIpc) is 2.64. The Balaban J connectivity index is 2.57. The van der Waals surface area contributed by atoms with Crippen molar-refractivity contribution in [3.05, 3.63) is 62.4 Å². The van der Waals surface area contributed by atoms with Gasteiger partial charge in [-0.25, -0.2) is 0 Å². The number of carbonyl (C=O) groups excluding carboxylic acids is 1. The predicted octanol–water partition coefficient (Wildman–Crippen LogP) is 4.45. The number of hydrogen-bond donors (Lipinski definition) is 1. The standard InChI is InChI=1S/C23H28N2O3/c1-6-7-8-13-25-21(27)18(14-24)15(2)19(22(25)28)20(26)16-9-11-17(12-10-16)23(3,4)5/h9-12,28H,6-8,13H2,1-5H3. The van der Waals surface area contributed by atoms with Crippen LogP contribution in [0.2, 0.25) is 0 Å². The van der Waals surface area contributed by atoms with Gasteiger partial charge in [-0.05, 0) is 29.9 Å². The van der Waals surface area contributed by atoms with Crippen molar-refractivity contribution >= 4 is 5.78 Å². The number of ketones is 1. The fourth-order valence-corrected chi connectivity index (χ4v) is 3.22. The van der Waals surface area contributed by atoms with Gasteiger partial charge >= 0.3 is 0 Å². The van der Waals surface area contributed by atoms with Gasteiger partial charge < -0.3 is 5.11 Å². The molecule has 0 unspecified atom stereocenters. The van der Waals surface area contributed by atoms with Crippen molar-refractivity contribution in [1.29, 1.82) is 5.26 Å². The van der Waals surface area contributed by atoms with E-state index in [2.05, 4.69) is 20.8 Å². The third-order valence-electron chi connectivity index (χ3n) is 5.03. The Labute approximate surface area is 166 Å². The Morgan fingerprint density at radius 3 is 2.29 bits per heavy atom. The van der Waals surface area contributed by atoms with E-state index in [0.717, 1.165) is 23.0 Å². The number of aromatic hydroxyl groups is 1. The van der Waals surface area contributed by atoms with Gasteiger partial charge in [0.25, 0.3) is 5.56 Å². The lowest BCUT2D eigenvalue weighted by molar-refractivity contribution is 0.103. The molecule has 0 aliphatic carbocycles. The Morgan fingerprint density at radius 2 is 1.79 bits per heavy atom. The lowest BCUT2D eigenvalue weighted by Gasteiger charge is -2.19. The maximum atomic E-state index is 13.1. The molecular weight excluding hydrogens is 352 g/mol. The van der Waals surface area contributed by atoms with Crippen LogP contribution in [0, 0.1) is 18.3 Å². The van der Waals surface area contributed by atoms with Crippen molar-refractivity contribution in [2.45, 2.75) is 65.8 Å². The van der Waals surface area contributed by atoms with E-state index in [1.54, 1.807) is 12.1 Å². The van der Waals surface area contributed by atoms with Crippen LogP contribution in [0.4, 0.5) is 0 Å². The maximum absolute atomic E-state index is 13.1. The van der Waals surface area contributed by atoms with Gasteiger partial charge in [0.05, 0.1) is 5.56 Å². The summed E-state index contributed by atoms with van der Waals surface area (Å²) in [5.74, 6) is -0.751. The van der Waals surface area contributed by atoms with E-state index in [4.69, 9.17) is 0 Å². The molecule has 5 nitrogen and oxygen atoms in total. The molecule has 2 rings (SSSR count). The van der Waals surface area contributed by atoms with Gasteiger partial charge in [0, 0.05) is 12.1 Å². The van der Waals surface area contributed by atoms with Crippen molar-refractivity contribution in [2.24, 2.45) is 0 Å². The molecule has 148 valence electrons. The van der Waals surface area contributed by atoms with Gasteiger partial charge in [-0.2, -0.15) is 5.26 Å². The average molecular weight is 380 g/mol. The second kappa shape index (κ2) is 8.43. The van der Waals surface area contributed by atoms with E-state index >= 15 is 0 Å². The van der Waals surface area contributed by atoms with Crippen LogP contribution in [0.3, 0.4) is 0 Å². The highest BCUT2D eigenvalue weighted by molar-refractivity contribution is 6.11. The number of nitrogens with zero attached hydrogens (tertiary/aromatic N) is 2. The highest BCUT2D eigenvalue weighted by atomic mass is 16.3. The molecule has 0 spiro atoms. The largest absolute Gasteiger partial charge is 0.494 e. The minimum atomic E-state index is -0.548. The van der Waals surface area contributed by atoms with Crippen molar-refractivity contribution in [3.8, 4) is 11.9 Å². The van der Waals surface area contributed by atoms with Crippen molar-refractivity contribution in [1.82, 2.24) is 4.57 Å². The number of rotatable bonds is 6. The molecule has 0 aliphatic rings. The number of hydrogen-bond acceptors (Lipinski definition) is 4. The predicted molar refractivity (Wildman–Crippen MR) is 110 cm³/mol. The SMILES string of the molecule is CCCCCn1c(O)c(C(=O)c2ccc(C(C)(C)C)cc2)c(C)c(C#N)c1=O. The zero-order valence-corrected chi connectivity index (χ0v) is 17.3. The molecule has 1 N–H and O–H groups in total. The zero-order chi connectivity index (χ0) is 21.1. The molecule has 2 aromatic rings. The summed E-state index contributed by atoms with van der Waals surface area (Å²) in [5.41, 5.74) is 1.07. The summed E-state index contributed by atoms with van der Waals surface area (Å²) in [6.45, 7) is 10.1. The topological polar surface area (TPSA) is 83.1 Å². The molecule has 0 radical (unpaired) electrons. The molecule has 1 heterocycles. The van der Waals surface area contributed by atoms with Crippen molar-refractivity contribution in [3.63, 3.8) is 0 Å². The van der Waals surface area contributed by atoms with E-state index in [0.29, 0.717) is 12.0 Å². The van der Waals surface area contributed by atoms with Crippen LogP contribution in [0.1, 0.15) is 79.6 Å². The molecule has 0 fully saturated rings. The minimum Gasteiger partial charge on any atom is -0.494 e. The van der Waals surface area contributed by atoms with Gasteiger partial charge in [0.1, 0.15) is 11.6 Å². The summed E-state index contributed by atoms with van der Waals surface area (Å²) in [5, 5.41) is 20.2. The number of carbonyl (C=O) groups is 1. The molecule has 0 aliphatic heterocycles. The highest BCUT2D eigenvalue weighted by Gasteiger charge is 2.25.